The van der Waals surface area contributed by atoms with Crippen LogP contribution in [0.2, 0.25) is 0 Å². The maximum atomic E-state index is 12.2. The van der Waals surface area contributed by atoms with Crippen molar-refractivity contribution >= 4 is 6.03 Å². The van der Waals surface area contributed by atoms with E-state index in [-0.39, 0.29) is 11.6 Å². The third-order valence-electron chi connectivity index (χ3n) is 4.56. The fourth-order valence-electron chi connectivity index (χ4n) is 3.18. The van der Waals surface area contributed by atoms with E-state index in [9.17, 15) is 4.79 Å². The Kier molecular flexibility index (Phi) is 4.41. The summed E-state index contributed by atoms with van der Waals surface area (Å²) in [5, 5.41) is 10.1. The number of hydrogen-bond acceptors (Lipinski definition) is 3. The highest BCUT2D eigenvalue weighted by atomic mass is 16.2. The van der Waals surface area contributed by atoms with Crippen LogP contribution in [0.1, 0.15) is 18.4 Å². The molecule has 5 heteroatoms. The number of rotatable bonds is 2. The fourth-order valence-corrected chi connectivity index (χ4v) is 3.18. The summed E-state index contributed by atoms with van der Waals surface area (Å²) in [6, 6.07) is 10.1. The lowest BCUT2D eigenvalue weighted by atomic mass is 9.86. The zero-order valence-electron chi connectivity index (χ0n) is 12.4. The molecule has 0 bridgehead atoms. The van der Waals surface area contributed by atoms with E-state index in [1.165, 1.54) is 0 Å². The molecule has 3 N–H and O–H groups in total. The standard InChI is InChI=1S/C16H24N4O/c21-15(18-12-14-4-2-1-3-5-14)20-10-6-16(7-11-20)13-17-8-9-19-16/h1-5,17,19H,6-13H2,(H,18,21). The minimum Gasteiger partial charge on any atom is -0.334 e. The van der Waals surface area contributed by atoms with Crippen molar-refractivity contribution in [3.63, 3.8) is 0 Å². The van der Waals surface area contributed by atoms with Crippen LogP contribution in [0.3, 0.4) is 0 Å². The van der Waals surface area contributed by atoms with E-state index in [1.54, 1.807) is 0 Å². The van der Waals surface area contributed by atoms with Gasteiger partial charge < -0.3 is 20.9 Å². The van der Waals surface area contributed by atoms with Gasteiger partial charge in [0.05, 0.1) is 0 Å². The Morgan fingerprint density at radius 3 is 2.62 bits per heavy atom. The van der Waals surface area contributed by atoms with Crippen LogP contribution in [-0.4, -0.2) is 49.2 Å². The van der Waals surface area contributed by atoms with Gasteiger partial charge in [0.2, 0.25) is 0 Å². The van der Waals surface area contributed by atoms with Crippen molar-refractivity contribution in [2.45, 2.75) is 24.9 Å². The summed E-state index contributed by atoms with van der Waals surface area (Å²) in [5.74, 6) is 0. The molecular formula is C16H24N4O. The number of benzene rings is 1. The summed E-state index contributed by atoms with van der Waals surface area (Å²) in [6.07, 6.45) is 2.05. The van der Waals surface area contributed by atoms with E-state index in [4.69, 9.17) is 0 Å². The smallest absolute Gasteiger partial charge is 0.317 e. The third-order valence-corrected chi connectivity index (χ3v) is 4.56. The number of piperidine rings is 1. The Hall–Kier alpha value is -1.59. The second kappa shape index (κ2) is 6.45. The Morgan fingerprint density at radius 2 is 1.95 bits per heavy atom. The van der Waals surface area contributed by atoms with Gasteiger partial charge in [0.25, 0.3) is 0 Å². The van der Waals surface area contributed by atoms with Crippen LogP contribution in [0.5, 0.6) is 0 Å². The molecule has 21 heavy (non-hydrogen) atoms. The van der Waals surface area contributed by atoms with Crippen molar-refractivity contribution < 1.29 is 4.79 Å². The average Bonchev–Trinajstić information content (AvgIpc) is 2.55. The monoisotopic (exact) mass is 288 g/mol. The number of nitrogens with one attached hydrogen (secondary N) is 3. The molecule has 1 spiro atoms. The highest BCUT2D eigenvalue weighted by Gasteiger charge is 2.36. The van der Waals surface area contributed by atoms with Crippen molar-refractivity contribution in [3.05, 3.63) is 35.9 Å². The summed E-state index contributed by atoms with van der Waals surface area (Å²) >= 11 is 0. The number of nitrogens with zero attached hydrogens (tertiary/aromatic N) is 1. The first kappa shape index (κ1) is 14.4. The van der Waals surface area contributed by atoms with Gasteiger partial charge in [-0.15, -0.1) is 0 Å². The molecule has 1 aromatic rings. The summed E-state index contributed by atoms with van der Waals surface area (Å²) in [6.45, 7) is 5.35. The molecular weight excluding hydrogens is 264 g/mol. The molecule has 0 aliphatic carbocycles. The van der Waals surface area contributed by atoms with Crippen LogP contribution in [0.25, 0.3) is 0 Å². The maximum Gasteiger partial charge on any atom is 0.317 e. The number of carbonyl (C=O) groups excluding carboxylic acids is 1. The minimum absolute atomic E-state index is 0.0532. The normalized spacial score (nSPS) is 21.2. The quantitative estimate of drug-likeness (QED) is 0.758. The summed E-state index contributed by atoms with van der Waals surface area (Å²) in [4.78, 5) is 14.2. The lowest BCUT2D eigenvalue weighted by Crippen LogP contribution is -2.64. The van der Waals surface area contributed by atoms with Crippen LogP contribution in [0.4, 0.5) is 4.79 Å². The van der Waals surface area contributed by atoms with Gasteiger partial charge in [-0.25, -0.2) is 4.79 Å². The zero-order chi connectivity index (χ0) is 14.5. The number of hydrogen-bond donors (Lipinski definition) is 3. The van der Waals surface area contributed by atoms with E-state index < -0.39 is 0 Å². The van der Waals surface area contributed by atoms with E-state index >= 15 is 0 Å². The summed E-state index contributed by atoms with van der Waals surface area (Å²) in [5.41, 5.74) is 1.34. The predicted octanol–water partition coefficient (Wildman–Crippen LogP) is 0.924. The molecule has 0 atom stereocenters. The summed E-state index contributed by atoms with van der Waals surface area (Å²) < 4.78 is 0. The number of urea groups is 1. The zero-order valence-corrected chi connectivity index (χ0v) is 12.4. The van der Waals surface area contributed by atoms with Gasteiger partial charge >= 0.3 is 6.03 Å². The fraction of sp³-hybridized carbons (Fsp3) is 0.562. The van der Waals surface area contributed by atoms with Crippen LogP contribution < -0.4 is 16.0 Å². The topological polar surface area (TPSA) is 56.4 Å². The SMILES string of the molecule is O=C(NCc1ccccc1)N1CCC2(CC1)CNCCN2. The first-order chi connectivity index (χ1) is 10.3. The van der Waals surface area contributed by atoms with Crippen molar-refractivity contribution in [1.82, 2.24) is 20.9 Å². The Morgan fingerprint density at radius 1 is 1.19 bits per heavy atom. The number of piperazine rings is 1. The van der Waals surface area contributed by atoms with E-state index in [0.717, 1.165) is 51.1 Å². The van der Waals surface area contributed by atoms with Crippen molar-refractivity contribution in [2.75, 3.05) is 32.7 Å². The molecule has 2 saturated heterocycles. The highest BCUT2D eigenvalue weighted by Crippen LogP contribution is 2.22. The summed E-state index contributed by atoms with van der Waals surface area (Å²) in [7, 11) is 0. The van der Waals surface area contributed by atoms with E-state index in [2.05, 4.69) is 16.0 Å². The molecule has 2 aliphatic rings. The van der Waals surface area contributed by atoms with Gasteiger partial charge in [-0.3, -0.25) is 0 Å². The highest BCUT2D eigenvalue weighted by molar-refractivity contribution is 5.74. The number of likely N-dealkylation sites (tertiary alicyclic amines) is 1. The molecule has 2 amide bonds. The molecule has 0 aromatic heterocycles. The van der Waals surface area contributed by atoms with Crippen LogP contribution in [0.15, 0.2) is 30.3 Å². The first-order valence-corrected chi connectivity index (χ1v) is 7.80. The molecule has 2 fully saturated rings. The van der Waals surface area contributed by atoms with Crippen LogP contribution >= 0.6 is 0 Å². The molecule has 2 aliphatic heterocycles. The van der Waals surface area contributed by atoms with E-state index in [1.807, 2.05) is 35.2 Å². The van der Waals surface area contributed by atoms with Gasteiger partial charge in [0.1, 0.15) is 0 Å². The second-order valence-corrected chi connectivity index (χ2v) is 6.02. The van der Waals surface area contributed by atoms with Crippen molar-refractivity contribution in [3.8, 4) is 0 Å². The Labute approximate surface area is 126 Å². The molecule has 0 radical (unpaired) electrons. The first-order valence-electron chi connectivity index (χ1n) is 7.80. The van der Waals surface area contributed by atoms with Crippen molar-refractivity contribution in [1.29, 1.82) is 0 Å². The lowest BCUT2D eigenvalue weighted by molar-refractivity contribution is 0.130. The molecule has 0 unspecified atom stereocenters. The molecule has 114 valence electrons. The van der Waals surface area contributed by atoms with Gasteiger partial charge in [0.15, 0.2) is 0 Å². The van der Waals surface area contributed by atoms with Crippen LogP contribution in [0, 0.1) is 0 Å². The molecule has 1 aromatic carbocycles. The molecule has 3 rings (SSSR count). The Balaban J connectivity index is 1.46. The predicted molar refractivity (Wildman–Crippen MR) is 83.1 cm³/mol. The van der Waals surface area contributed by atoms with Crippen LogP contribution in [-0.2, 0) is 6.54 Å². The van der Waals surface area contributed by atoms with Crippen molar-refractivity contribution in [2.24, 2.45) is 0 Å². The largest absolute Gasteiger partial charge is 0.334 e. The van der Waals surface area contributed by atoms with Gasteiger partial charge in [0, 0.05) is 44.8 Å². The van der Waals surface area contributed by atoms with Gasteiger partial charge in [-0.05, 0) is 18.4 Å². The van der Waals surface area contributed by atoms with Gasteiger partial charge in [-0.1, -0.05) is 30.3 Å². The lowest BCUT2D eigenvalue weighted by Gasteiger charge is -2.45. The maximum absolute atomic E-state index is 12.2. The number of amides is 2. The second-order valence-electron chi connectivity index (χ2n) is 6.02. The average molecular weight is 288 g/mol. The Bertz CT molecular complexity index is 460. The molecule has 2 heterocycles. The molecule has 0 saturated carbocycles. The number of carbonyl (C=O) groups is 1. The molecule has 5 nitrogen and oxygen atoms in total. The van der Waals surface area contributed by atoms with E-state index in [0.29, 0.717) is 6.54 Å². The third kappa shape index (κ3) is 3.54. The minimum atomic E-state index is 0.0532. The van der Waals surface area contributed by atoms with Gasteiger partial charge in [-0.2, -0.15) is 0 Å².